The molecule has 0 aliphatic heterocycles. The van der Waals surface area contributed by atoms with Gasteiger partial charge in [-0.2, -0.15) is 0 Å². The molecule has 16 heavy (non-hydrogen) atoms. The molecule has 0 radical (unpaired) electrons. The van der Waals surface area contributed by atoms with Crippen LogP contribution in [0, 0.1) is 0 Å². The molecule has 0 spiro atoms. The van der Waals surface area contributed by atoms with Gasteiger partial charge in [0.2, 0.25) is 0 Å². The summed E-state index contributed by atoms with van der Waals surface area (Å²) < 4.78 is 1.12. The van der Waals surface area contributed by atoms with Crippen LogP contribution in [0.5, 0.6) is 0 Å². The van der Waals surface area contributed by atoms with Crippen molar-refractivity contribution < 1.29 is 19.8 Å². The normalized spacial score (nSPS) is 12.3. The molecule has 4 N–H and O–H groups in total. The molecule has 0 amide bonds. The monoisotopic (exact) mass is 228 g/mol. The summed E-state index contributed by atoms with van der Waals surface area (Å²) in [5.41, 5.74) is 5.76. The SMILES string of the molecule is NCc1cn([C@H](CCC(=O)O)C(=O)O)nn1. The van der Waals surface area contributed by atoms with E-state index in [4.69, 9.17) is 15.9 Å². The van der Waals surface area contributed by atoms with Crippen LogP contribution < -0.4 is 5.73 Å². The predicted molar refractivity (Wildman–Crippen MR) is 51.5 cm³/mol. The molecule has 0 saturated carbocycles. The highest BCUT2D eigenvalue weighted by Crippen LogP contribution is 2.13. The van der Waals surface area contributed by atoms with Gasteiger partial charge in [0.05, 0.1) is 11.9 Å². The number of nitrogens with zero attached hydrogens (tertiary/aromatic N) is 3. The molecule has 0 bridgehead atoms. The zero-order valence-electron chi connectivity index (χ0n) is 8.41. The molecule has 0 aromatic carbocycles. The largest absolute Gasteiger partial charge is 0.481 e. The minimum Gasteiger partial charge on any atom is -0.481 e. The summed E-state index contributed by atoms with van der Waals surface area (Å²) in [6, 6.07) is -1.02. The Kier molecular flexibility index (Phi) is 3.95. The molecular formula is C8H12N4O4. The average molecular weight is 228 g/mol. The number of carboxylic acid groups (broad SMARTS) is 2. The topological polar surface area (TPSA) is 131 Å². The van der Waals surface area contributed by atoms with E-state index in [1.165, 1.54) is 6.20 Å². The van der Waals surface area contributed by atoms with Crippen LogP contribution >= 0.6 is 0 Å². The van der Waals surface area contributed by atoms with Crippen LogP contribution in [0.4, 0.5) is 0 Å². The summed E-state index contributed by atoms with van der Waals surface area (Å²) in [5.74, 6) is -2.19. The van der Waals surface area contributed by atoms with Crippen molar-refractivity contribution in [3.8, 4) is 0 Å². The van der Waals surface area contributed by atoms with Crippen molar-refractivity contribution in [2.24, 2.45) is 5.73 Å². The second-order valence-electron chi connectivity index (χ2n) is 3.18. The molecule has 0 aliphatic carbocycles. The van der Waals surface area contributed by atoms with E-state index in [-0.39, 0.29) is 19.4 Å². The maximum absolute atomic E-state index is 10.9. The van der Waals surface area contributed by atoms with Crippen LogP contribution in [0.2, 0.25) is 0 Å². The summed E-state index contributed by atoms with van der Waals surface area (Å²) in [5, 5.41) is 24.6. The van der Waals surface area contributed by atoms with Gasteiger partial charge in [-0.05, 0) is 6.42 Å². The second-order valence-corrected chi connectivity index (χ2v) is 3.18. The summed E-state index contributed by atoms with van der Waals surface area (Å²) >= 11 is 0. The van der Waals surface area contributed by atoms with Crippen LogP contribution in [0.25, 0.3) is 0 Å². The van der Waals surface area contributed by atoms with Gasteiger partial charge in [0.15, 0.2) is 6.04 Å². The van der Waals surface area contributed by atoms with E-state index in [9.17, 15) is 9.59 Å². The van der Waals surface area contributed by atoms with E-state index in [0.717, 1.165) is 4.68 Å². The number of rotatable bonds is 6. The lowest BCUT2D eigenvalue weighted by molar-refractivity contribution is -0.142. The van der Waals surface area contributed by atoms with Crippen LogP contribution in [0.15, 0.2) is 6.20 Å². The van der Waals surface area contributed by atoms with Crippen molar-refractivity contribution in [2.75, 3.05) is 0 Å². The van der Waals surface area contributed by atoms with Crippen LogP contribution in [-0.2, 0) is 16.1 Å². The first-order valence-electron chi connectivity index (χ1n) is 4.60. The first kappa shape index (κ1) is 12.1. The number of hydrogen-bond donors (Lipinski definition) is 3. The summed E-state index contributed by atoms with van der Waals surface area (Å²) in [6.45, 7) is 0.158. The van der Waals surface area contributed by atoms with Crippen molar-refractivity contribution in [2.45, 2.75) is 25.4 Å². The van der Waals surface area contributed by atoms with Crippen molar-refractivity contribution in [3.63, 3.8) is 0 Å². The summed E-state index contributed by atoms with van der Waals surface area (Å²) in [6.07, 6.45) is 1.12. The van der Waals surface area contributed by atoms with Crippen LogP contribution in [0.1, 0.15) is 24.6 Å². The summed E-state index contributed by atoms with van der Waals surface area (Å²) in [7, 11) is 0. The zero-order chi connectivity index (χ0) is 12.1. The number of hydrogen-bond acceptors (Lipinski definition) is 5. The molecule has 1 heterocycles. The maximum Gasteiger partial charge on any atom is 0.328 e. The smallest absolute Gasteiger partial charge is 0.328 e. The van der Waals surface area contributed by atoms with Crippen molar-refractivity contribution >= 4 is 11.9 Å². The number of carbonyl (C=O) groups is 2. The zero-order valence-corrected chi connectivity index (χ0v) is 8.41. The van der Waals surface area contributed by atoms with Gasteiger partial charge in [0.25, 0.3) is 0 Å². The van der Waals surface area contributed by atoms with Gasteiger partial charge in [-0.25, -0.2) is 9.48 Å². The Morgan fingerprint density at radius 1 is 1.50 bits per heavy atom. The first-order valence-corrected chi connectivity index (χ1v) is 4.60. The molecule has 0 aliphatic rings. The van der Waals surface area contributed by atoms with Crippen molar-refractivity contribution in [1.29, 1.82) is 0 Å². The standard InChI is InChI=1S/C8H12N4O4/c9-3-5-4-12(11-10-5)6(8(15)16)1-2-7(13)14/h4,6H,1-3,9H2,(H,13,14)(H,15,16)/t6-/m1/s1. The molecule has 1 atom stereocenters. The fourth-order valence-electron chi connectivity index (χ4n) is 1.19. The van der Waals surface area contributed by atoms with Crippen LogP contribution in [0.3, 0.4) is 0 Å². The molecule has 0 fully saturated rings. The van der Waals surface area contributed by atoms with Gasteiger partial charge in [0.1, 0.15) is 0 Å². The molecule has 8 heteroatoms. The van der Waals surface area contributed by atoms with Gasteiger partial charge in [0, 0.05) is 13.0 Å². The van der Waals surface area contributed by atoms with Gasteiger partial charge < -0.3 is 15.9 Å². The highest BCUT2D eigenvalue weighted by molar-refractivity contribution is 5.73. The Hall–Kier alpha value is -1.96. The molecule has 88 valence electrons. The lowest BCUT2D eigenvalue weighted by Gasteiger charge is -2.09. The quantitative estimate of drug-likeness (QED) is 0.582. The molecule has 0 saturated heterocycles. The predicted octanol–water partition coefficient (Wildman–Crippen LogP) is -0.773. The summed E-state index contributed by atoms with van der Waals surface area (Å²) in [4.78, 5) is 21.3. The Morgan fingerprint density at radius 3 is 2.62 bits per heavy atom. The van der Waals surface area contributed by atoms with E-state index in [1.807, 2.05) is 0 Å². The Balaban J connectivity index is 2.76. The van der Waals surface area contributed by atoms with E-state index in [2.05, 4.69) is 10.3 Å². The average Bonchev–Trinajstić information content (AvgIpc) is 2.65. The Morgan fingerprint density at radius 2 is 2.19 bits per heavy atom. The number of aliphatic carboxylic acids is 2. The van der Waals surface area contributed by atoms with Crippen LogP contribution in [-0.4, -0.2) is 37.1 Å². The third kappa shape index (κ3) is 3.02. The molecule has 1 aromatic rings. The molecule has 1 aromatic heterocycles. The second kappa shape index (κ2) is 5.21. The lowest BCUT2D eigenvalue weighted by Crippen LogP contribution is -2.20. The number of nitrogens with two attached hydrogens (primary N) is 1. The van der Waals surface area contributed by atoms with E-state index >= 15 is 0 Å². The Labute approximate surface area is 90.7 Å². The highest BCUT2D eigenvalue weighted by Gasteiger charge is 2.21. The lowest BCUT2D eigenvalue weighted by atomic mass is 10.1. The Bertz CT molecular complexity index is 389. The third-order valence-corrected chi connectivity index (χ3v) is 2.00. The van der Waals surface area contributed by atoms with Gasteiger partial charge in [-0.15, -0.1) is 5.10 Å². The van der Waals surface area contributed by atoms with E-state index in [1.54, 1.807) is 0 Å². The number of carboxylic acids is 2. The van der Waals surface area contributed by atoms with Crippen molar-refractivity contribution in [1.82, 2.24) is 15.0 Å². The molecule has 8 nitrogen and oxygen atoms in total. The minimum atomic E-state index is -1.14. The number of aromatic nitrogens is 3. The van der Waals surface area contributed by atoms with Crippen molar-refractivity contribution in [3.05, 3.63) is 11.9 Å². The fraction of sp³-hybridized carbons (Fsp3) is 0.500. The first-order chi connectivity index (χ1) is 7.54. The highest BCUT2D eigenvalue weighted by atomic mass is 16.4. The van der Waals surface area contributed by atoms with E-state index < -0.39 is 18.0 Å². The third-order valence-electron chi connectivity index (χ3n) is 2.00. The molecular weight excluding hydrogens is 216 g/mol. The molecule has 1 rings (SSSR count). The molecule has 0 unspecified atom stereocenters. The van der Waals surface area contributed by atoms with E-state index in [0.29, 0.717) is 5.69 Å². The minimum absolute atomic E-state index is 0.0436. The maximum atomic E-state index is 10.9. The fourth-order valence-corrected chi connectivity index (χ4v) is 1.19. The van der Waals surface area contributed by atoms with Gasteiger partial charge in [-0.1, -0.05) is 5.21 Å². The van der Waals surface area contributed by atoms with Gasteiger partial charge in [-0.3, -0.25) is 4.79 Å². The van der Waals surface area contributed by atoms with Gasteiger partial charge >= 0.3 is 11.9 Å².